The van der Waals surface area contributed by atoms with Crippen LogP contribution in [0.25, 0.3) is 0 Å². The summed E-state index contributed by atoms with van der Waals surface area (Å²) in [4.78, 5) is 13.6. The van der Waals surface area contributed by atoms with Crippen molar-refractivity contribution in [1.82, 2.24) is 9.21 Å². The lowest BCUT2D eigenvalue weighted by Gasteiger charge is -2.36. The molecule has 0 aliphatic carbocycles. The normalized spacial score (nSPS) is 19.6. The van der Waals surface area contributed by atoms with Crippen LogP contribution in [-0.4, -0.2) is 56.0 Å². The van der Waals surface area contributed by atoms with E-state index in [0.29, 0.717) is 13.1 Å². The Morgan fingerprint density at radius 2 is 1.76 bits per heavy atom. The van der Waals surface area contributed by atoms with Gasteiger partial charge in [0, 0.05) is 32.1 Å². The molecule has 0 aromatic heterocycles. The Morgan fingerprint density at radius 3 is 2.12 bits per heavy atom. The molecule has 0 aromatic carbocycles. The zero-order chi connectivity index (χ0) is 13.2. The van der Waals surface area contributed by atoms with E-state index in [1.807, 2.05) is 20.9 Å². The molecule has 1 heterocycles. The maximum absolute atomic E-state index is 11.8. The lowest BCUT2D eigenvalue weighted by molar-refractivity contribution is -0.135. The molecule has 1 aliphatic rings. The first-order valence-electron chi connectivity index (χ1n) is 5.95. The van der Waals surface area contributed by atoms with Gasteiger partial charge in [0.15, 0.2) is 0 Å². The highest BCUT2D eigenvalue weighted by molar-refractivity contribution is 7.88. The topological polar surface area (TPSA) is 57.7 Å². The fraction of sp³-hybridized carbons (Fsp3) is 0.909. The van der Waals surface area contributed by atoms with Crippen LogP contribution in [0.5, 0.6) is 0 Å². The van der Waals surface area contributed by atoms with Crippen LogP contribution >= 0.6 is 0 Å². The van der Waals surface area contributed by atoms with E-state index < -0.39 is 10.0 Å². The molecule has 1 rings (SSSR count). The van der Waals surface area contributed by atoms with Crippen LogP contribution in [0.3, 0.4) is 0 Å². The van der Waals surface area contributed by atoms with E-state index in [-0.39, 0.29) is 17.9 Å². The molecule has 0 atom stereocenters. The van der Waals surface area contributed by atoms with E-state index in [1.54, 1.807) is 4.90 Å². The minimum Gasteiger partial charge on any atom is -0.342 e. The second kappa shape index (κ2) is 5.35. The SMILES string of the molecule is CC(C)C(=O)N(C)C1CCN(S(C)(=O)=O)CC1. The van der Waals surface area contributed by atoms with Crippen LogP contribution in [0.4, 0.5) is 0 Å². The first kappa shape index (κ1) is 14.4. The lowest BCUT2D eigenvalue weighted by atomic mass is 10.0. The summed E-state index contributed by atoms with van der Waals surface area (Å²) in [6.07, 6.45) is 2.68. The molecule has 5 nitrogen and oxygen atoms in total. The molecule has 0 saturated carbocycles. The molecular weight excluding hydrogens is 240 g/mol. The second-order valence-electron chi connectivity index (χ2n) is 5.00. The van der Waals surface area contributed by atoms with Crippen LogP contribution < -0.4 is 0 Å². The first-order valence-corrected chi connectivity index (χ1v) is 7.80. The Balaban J connectivity index is 2.55. The zero-order valence-electron chi connectivity index (χ0n) is 11.0. The van der Waals surface area contributed by atoms with Gasteiger partial charge in [-0.3, -0.25) is 4.79 Å². The molecule has 0 aromatic rings. The molecule has 6 heteroatoms. The highest BCUT2D eigenvalue weighted by atomic mass is 32.2. The summed E-state index contributed by atoms with van der Waals surface area (Å²) in [6, 6.07) is 0.169. The third-order valence-electron chi connectivity index (χ3n) is 3.28. The van der Waals surface area contributed by atoms with Crippen LogP contribution in [-0.2, 0) is 14.8 Å². The summed E-state index contributed by atoms with van der Waals surface area (Å²) >= 11 is 0. The average molecular weight is 262 g/mol. The minimum atomic E-state index is -3.08. The van der Waals surface area contributed by atoms with E-state index >= 15 is 0 Å². The first-order chi connectivity index (χ1) is 7.73. The maximum atomic E-state index is 11.8. The van der Waals surface area contributed by atoms with Gasteiger partial charge in [-0.15, -0.1) is 0 Å². The number of nitrogens with zero attached hydrogens (tertiary/aromatic N) is 2. The third kappa shape index (κ3) is 3.67. The average Bonchev–Trinajstić information content (AvgIpc) is 2.26. The molecule has 1 saturated heterocycles. The molecule has 1 aliphatic heterocycles. The summed E-state index contributed by atoms with van der Waals surface area (Å²) in [7, 11) is -1.27. The van der Waals surface area contributed by atoms with Gasteiger partial charge in [0.2, 0.25) is 15.9 Å². The largest absolute Gasteiger partial charge is 0.342 e. The molecule has 100 valence electrons. The third-order valence-corrected chi connectivity index (χ3v) is 4.58. The minimum absolute atomic E-state index is 0.00654. The van der Waals surface area contributed by atoms with Gasteiger partial charge in [-0.2, -0.15) is 0 Å². The Hall–Kier alpha value is -0.620. The van der Waals surface area contributed by atoms with Crippen LogP contribution in [0.15, 0.2) is 0 Å². The Morgan fingerprint density at radius 1 is 1.29 bits per heavy atom. The van der Waals surface area contributed by atoms with Crippen molar-refractivity contribution in [3.63, 3.8) is 0 Å². The fourth-order valence-corrected chi connectivity index (χ4v) is 3.02. The van der Waals surface area contributed by atoms with Crippen molar-refractivity contribution < 1.29 is 13.2 Å². The predicted octanol–water partition coefficient (Wildman–Crippen LogP) is 0.525. The number of hydrogen-bond acceptors (Lipinski definition) is 3. The molecule has 17 heavy (non-hydrogen) atoms. The van der Waals surface area contributed by atoms with E-state index in [2.05, 4.69) is 0 Å². The molecule has 1 amide bonds. The van der Waals surface area contributed by atoms with Gasteiger partial charge in [0.1, 0.15) is 0 Å². The monoisotopic (exact) mass is 262 g/mol. The number of carbonyl (C=O) groups excluding carboxylic acids is 1. The fourth-order valence-electron chi connectivity index (χ4n) is 2.15. The summed E-state index contributed by atoms with van der Waals surface area (Å²) in [6.45, 7) is 4.79. The van der Waals surface area contributed by atoms with E-state index in [1.165, 1.54) is 10.6 Å². The predicted molar refractivity (Wildman–Crippen MR) is 67.0 cm³/mol. The second-order valence-corrected chi connectivity index (χ2v) is 6.98. The molecular formula is C11H22N2O3S. The summed E-state index contributed by atoms with van der Waals surface area (Å²) < 4.78 is 24.2. The Labute approximate surface area is 104 Å². The maximum Gasteiger partial charge on any atom is 0.225 e. The number of rotatable bonds is 3. The molecule has 0 radical (unpaired) electrons. The molecule has 0 unspecified atom stereocenters. The van der Waals surface area contributed by atoms with Gasteiger partial charge in [-0.25, -0.2) is 12.7 Å². The van der Waals surface area contributed by atoms with Crippen molar-refractivity contribution in [2.45, 2.75) is 32.7 Å². The van der Waals surface area contributed by atoms with E-state index in [9.17, 15) is 13.2 Å². The highest BCUT2D eigenvalue weighted by Gasteiger charge is 2.29. The number of carbonyl (C=O) groups is 1. The number of sulfonamides is 1. The molecule has 0 N–H and O–H groups in total. The van der Waals surface area contributed by atoms with Crippen molar-refractivity contribution in [2.24, 2.45) is 5.92 Å². The standard InChI is InChI=1S/C11H22N2O3S/c1-9(2)11(14)12(3)10-5-7-13(8-6-10)17(4,15)16/h9-10H,5-8H2,1-4H3. The van der Waals surface area contributed by atoms with Gasteiger partial charge in [-0.1, -0.05) is 13.8 Å². The molecule has 0 spiro atoms. The zero-order valence-corrected chi connectivity index (χ0v) is 11.8. The Kier molecular flexibility index (Phi) is 4.55. The van der Waals surface area contributed by atoms with Crippen molar-refractivity contribution in [3.8, 4) is 0 Å². The van der Waals surface area contributed by atoms with Crippen LogP contribution in [0.2, 0.25) is 0 Å². The quantitative estimate of drug-likeness (QED) is 0.745. The van der Waals surface area contributed by atoms with Gasteiger partial charge < -0.3 is 4.90 Å². The number of amides is 1. The van der Waals surface area contributed by atoms with Crippen molar-refractivity contribution in [2.75, 3.05) is 26.4 Å². The van der Waals surface area contributed by atoms with Gasteiger partial charge in [0.05, 0.1) is 6.26 Å². The van der Waals surface area contributed by atoms with Crippen molar-refractivity contribution in [1.29, 1.82) is 0 Å². The molecule has 1 fully saturated rings. The summed E-state index contributed by atoms with van der Waals surface area (Å²) in [5, 5.41) is 0. The van der Waals surface area contributed by atoms with Crippen LogP contribution in [0, 0.1) is 5.92 Å². The van der Waals surface area contributed by atoms with E-state index in [0.717, 1.165) is 12.8 Å². The van der Waals surface area contributed by atoms with Gasteiger partial charge >= 0.3 is 0 Å². The van der Waals surface area contributed by atoms with Crippen molar-refractivity contribution in [3.05, 3.63) is 0 Å². The van der Waals surface area contributed by atoms with E-state index in [4.69, 9.17) is 0 Å². The Bertz CT molecular complexity index is 370. The molecule has 0 bridgehead atoms. The number of piperidine rings is 1. The summed E-state index contributed by atoms with van der Waals surface area (Å²) in [5.74, 6) is 0.121. The summed E-state index contributed by atoms with van der Waals surface area (Å²) in [5.41, 5.74) is 0. The van der Waals surface area contributed by atoms with Crippen molar-refractivity contribution >= 4 is 15.9 Å². The smallest absolute Gasteiger partial charge is 0.225 e. The lowest BCUT2D eigenvalue weighted by Crippen LogP contribution is -2.47. The van der Waals surface area contributed by atoms with Gasteiger partial charge in [-0.05, 0) is 12.8 Å². The van der Waals surface area contributed by atoms with Crippen LogP contribution in [0.1, 0.15) is 26.7 Å². The van der Waals surface area contributed by atoms with Gasteiger partial charge in [0.25, 0.3) is 0 Å². The number of hydrogen-bond donors (Lipinski definition) is 0. The highest BCUT2D eigenvalue weighted by Crippen LogP contribution is 2.18.